The predicted molar refractivity (Wildman–Crippen MR) is 108 cm³/mol. The first-order valence-corrected chi connectivity index (χ1v) is 8.88. The van der Waals surface area contributed by atoms with E-state index in [1.165, 1.54) is 12.1 Å². The molecule has 0 saturated carbocycles. The van der Waals surface area contributed by atoms with Crippen molar-refractivity contribution in [2.45, 2.75) is 6.42 Å². The number of nitrogens with one attached hydrogen (secondary N) is 1. The van der Waals surface area contributed by atoms with Crippen LogP contribution in [0.15, 0.2) is 66.9 Å². The van der Waals surface area contributed by atoms with Gasteiger partial charge in [0.15, 0.2) is 11.6 Å². The molecule has 143 valence electrons. The zero-order valence-electron chi connectivity index (χ0n) is 15.4. The highest BCUT2D eigenvalue weighted by Crippen LogP contribution is 2.22. The molecule has 1 heterocycles. The number of allylic oxidation sites excluding steroid dienone is 1. The summed E-state index contributed by atoms with van der Waals surface area (Å²) in [5, 5.41) is 12.1. The maximum absolute atomic E-state index is 14.1. The summed E-state index contributed by atoms with van der Waals surface area (Å²) >= 11 is 0. The molecule has 0 spiro atoms. The molecule has 1 N–H and O–H groups in total. The van der Waals surface area contributed by atoms with E-state index in [9.17, 15) is 14.4 Å². The summed E-state index contributed by atoms with van der Waals surface area (Å²) in [5.74, 6) is -0.794. The van der Waals surface area contributed by atoms with E-state index in [4.69, 9.17) is 4.74 Å². The molecule has 3 rings (SSSR count). The summed E-state index contributed by atoms with van der Waals surface area (Å²) in [4.78, 5) is 16.1. The number of carbonyl (C=O) groups excluding carboxylic acids is 1. The third kappa shape index (κ3) is 5.75. The number of nitrogens with zero attached hydrogens (tertiary/aromatic N) is 2. The Bertz CT molecular complexity index is 1040. The van der Waals surface area contributed by atoms with E-state index < -0.39 is 5.82 Å². The van der Waals surface area contributed by atoms with Crippen molar-refractivity contribution in [2.24, 2.45) is 0 Å². The molecular weight excluding hydrogens is 369 g/mol. The summed E-state index contributed by atoms with van der Waals surface area (Å²) in [5.41, 5.74) is 2.03. The van der Waals surface area contributed by atoms with Crippen LogP contribution >= 0.6 is 0 Å². The molecule has 2 aromatic carbocycles. The fraction of sp³-hybridized carbons (Fsp3) is 0.0870. The van der Waals surface area contributed by atoms with Gasteiger partial charge < -0.3 is 10.1 Å². The Labute approximate surface area is 168 Å². The van der Waals surface area contributed by atoms with Gasteiger partial charge in [-0.3, -0.25) is 9.78 Å². The average Bonchev–Trinajstić information content (AvgIpc) is 2.75. The minimum absolute atomic E-state index is 0.00804. The Hall–Kier alpha value is -3.98. The average molecular weight is 386 g/mol. The van der Waals surface area contributed by atoms with Gasteiger partial charge in [0.25, 0.3) is 0 Å². The lowest BCUT2D eigenvalue weighted by Gasteiger charge is -2.09. The van der Waals surface area contributed by atoms with Crippen molar-refractivity contribution in [2.75, 3.05) is 11.9 Å². The number of carbonyl (C=O) groups is 1. The quantitative estimate of drug-likeness (QED) is 0.607. The van der Waals surface area contributed by atoms with Gasteiger partial charge in [-0.25, -0.2) is 4.39 Å². The third-order valence-corrected chi connectivity index (χ3v) is 3.90. The van der Waals surface area contributed by atoms with Crippen molar-refractivity contribution in [3.05, 3.63) is 90.0 Å². The number of anilines is 1. The van der Waals surface area contributed by atoms with E-state index in [0.29, 0.717) is 22.5 Å². The van der Waals surface area contributed by atoms with Crippen LogP contribution in [0.25, 0.3) is 11.6 Å². The Morgan fingerprint density at radius 3 is 2.83 bits per heavy atom. The highest BCUT2D eigenvalue weighted by molar-refractivity contribution is 5.90. The fourth-order valence-corrected chi connectivity index (χ4v) is 2.51. The van der Waals surface area contributed by atoms with E-state index in [0.717, 1.165) is 0 Å². The second kappa shape index (κ2) is 9.81. The van der Waals surface area contributed by atoms with Crippen molar-refractivity contribution < 1.29 is 13.9 Å². The van der Waals surface area contributed by atoms with E-state index >= 15 is 0 Å². The summed E-state index contributed by atoms with van der Waals surface area (Å²) < 4.78 is 19.5. The van der Waals surface area contributed by atoms with Crippen molar-refractivity contribution in [1.29, 1.82) is 5.26 Å². The molecule has 5 nitrogen and oxygen atoms in total. The Kier molecular flexibility index (Phi) is 6.69. The van der Waals surface area contributed by atoms with Gasteiger partial charge in [0.2, 0.25) is 5.91 Å². The molecule has 0 aliphatic carbocycles. The van der Waals surface area contributed by atoms with E-state index in [1.807, 2.05) is 0 Å². The van der Waals surface area contributed by atoms with Crippen LogP contribution in [0, 0.1) is 23.2 Å². The number of pyridine rings is 1. The number of ether oxygens (including phenoxy) is 1. The first-order chi connectivity index (χ1) is 14.2. The second-order valence-corrected chi connectivity index (χ2v) is 6.00. The van der Waals surface area contributed by atoms with E-state index in [2.05, 4.69) is 22.4 Å². The van der Waals surface area contributed by atoms with Crippen LogP contribution in [0.4, 0.5) is 10.1 Å². The number of hydrogen-bond acceptors (Lipinski definition) is 4. The van der Waals surface area contributed by atoms with Crippen LogP contribution in [0.3, 0.4) is 0 Å². The lowest BCUT2D eigenvalue weighted by Crippen LogP contribution is -2.15. The van der Waals surface area contributed by atoms with Crippen LogP contribution in [-0.4, -0.2) is 17.5 Å². The van der Waals surface area contributed by atoms with Gasteiger partial charge in [-0.15, -0.1) is 0 Å². The van der Waals surface area contributed by atoms with Crippen LogP contribution in [0.2, 0.25) is 0 Å². The molecule has 6 heteroatoms. The van der Waals surface area contributed by atoms with Crippen LogP contribution in [0.5, 0.6) is 5.75 Å². The monoisotopic (exact) mass is 386 g/mol. The zero-order valence-corrected chi connectivity index (χ0v) is 15.4. The molecule has 0 fully saturated rings. The number of halogens is 1. The second-order valence-electron chi connectivity index (χ2n) is 6.00. The van der Waals surface area contributed by atoms with Crippen LogP contribution in [-0.2, 0) is 4.79 Å². The highest BCUT2D eigenvalue weighted by atomic mass is 19.1. The zero-order chi connectivity index (χ0) is 20.5. The molecule has 0 atom stereocenters. The smallest absolute Gasteiger partial charge is 0.227 e. The van der Waals surface area contributed by atoms with Gasteiger partial charge in [0, 0.05) is 18.0 Å². The van der Waals surface area contributed by atoms with Gasteiger partial charge in [-0.1, -0.05) is 30.3 Å². The molecule has 1 radical (unpaired) electrons. The first kappa shape index (κ1) is 19.8. The standard InChI is InChI=1S/C23H17FN3O2/c24-20-10-9-17(14-18(16-25)21-8-4-5-12-26-21)15-22(20)29-13-11-23(28)27-19-6-2-1-3-7-19/h1-6,8-10,12,14-15H,11,13H2,(H,27,28). The van der Waals surface area contributed by atoms with Crippen LogP contribution in [0.1, 0.15) is 17.7 Å². The molecule has 1 amide bonds. The van der Waals surface area contributed by atoms with E-state index in [1.54, 1.807) is 60.8 Å². The minimum Gasteiger partial charge on any atom is -0.490 e. The summed E-state index contributed by atoms with van der Waals surface area (Å²) in [6, 6.07) is 21.5. The lowest BCUT2D eigenvalue weighted by atomic mass is 10.1. The minimum atomic E-state index is -0.546. The molecule has 0 aliphatic heterocycles. The largest absolute Gasteiger partial charge is 0.490 e. The topological polar surface area (TPSA) is 75.0 Å². The molecule has 0 unspecified atom stereocenters. The Morgan fingerprint density at radius 1 is 1.24 bits per heavy atom. The lowest BCUT2D eigenvalue weighted by molar-refractivity contribution is -0.116. The van der Waals surface area contributed by atoms with Crippen molar-refractivity contribution in [1.82, 2.24) is 4.98 Å². The molecular formula is C23H17FN3O2. The van der Waals surface area contributed by atoms with Gasteiger partial charge in [0.1, 0.15) is 6.07 Å². The normalized spacial score (nSPS) is 10.8. The Morgan fingerprint density at radius 2 is 2.10 bits per heavy atom. The van der Waals surface area contributed by atoms with Gasteiger partial charge >= 0.3 is 0 Å². The first-order valence-electron chi connectivity index (χ1n) is 8.88. The van der Waals surface area contributed by atoms with Crippen LogP contribution < -0.4 is 10.1 Å². The number of para-hydroxylation sites is 1. The fourth-order valence-electron chi connectivity index (χ4n) is 2.51. The Balaban J connectivity index is 1.64. The molecule has 29 heavy (non-hydrogen) atoms. The van der Waals surface area contributed by atoms with Crippen molar-refractivity contribution in [3.8, 4) is 11.8 Å². The number of hydrogen-bond donors (Lipinski definition) is 1. The maximum atomic E-state index is 14.1. The summed E-state index contributed by atoms with van der Waals surface area (Å²) in [7, 11) is 0. The van der Waals surface area contributed by atoms with Crippen molar-refractivity contribution >= 4 is 23.2 Å². The molecule has 3 aromatic rings. The molecule has 0 saturated heterocycles. The predicted octanol–water partition coefficient (Wildman–Crippen LogP) is 4.49. The highest BCUT2D eigenvalue weighted by Gasteiger charge is 2.08. The van der Waals surface area contributed by atoms with E-state index in [-0.39, 0.29) is 24.7 Å². The van der Waals surface area contributed by atoms with Gasteiger partial charge in [-0.05, 0) is 42.0 Å². The van der Waals surface area contributed by atoms with Gasteiger partial charge in [-0.2, -0.15) is 5.26 Å². The number of benzene rings is 2. The SMILES string of the molecule is N#CC(=Cc1ccc(F)c(OCCC(=O)Nc2[c]cccc2)c1)c1ccccn1. The summed E-state index contributed by atoms with van der Waals surface area (Å²) in [6.07, 6.45) is 3.25. The van der Waals surface area contributed by atoms with Gasteiger partial charge in [0.05, 0.1) is 24.3 Å². The van der Waals surface area contributed by atoms with Crippen molar-refractivity contribution in [3.63, 3.8) is 0 Å². The number of nitriles is 1. The number of rotatable bonds is 7. The third-order valence-electron chi connectivity index (χ3n) is 3.90. The number of amides is 1. The molecule has 0 bridgehead atoms. The maximum Gasteiger partial charge on any atom is 0.227 e. The molecule has 0 aliphatic rings. The summed E-state index contributed by atoms with van der Waals surface area (Å²) in [6.45, 7) is 0.00804. The molecule has 1 aromatic heterocycles. The number of aromatic nitrogens is 1.